The summed E-state index contributed by atoms with van der Waals surface area (Å²) in [5.74, 6) is 0.117. The predicted octanol–water partition coefficient (Wildman–Crippen LogP) is 3.41. The van der Waals surface area contributed by atoms with Gasteiger partial charge in [-0.1, -0.05) is 24.8 Å². The number of ether oxygens (including phenoxy) is 1. The van der Waals surface area contributed by atoms with Gasteiger partial charge in [-0.2, -0.15) is 0 Å². The summed E-state index contributed by atoms with van der Waals surface area (Å²) in [6, 6.07) is 0. The molecule has 1 aliphatic rings. The molecule has 0 aromatic heterocycles. The van der Waals surface area contributed by atoms with Gasteiger partial charge in [0.15, 0.2) is 0 Å². The molecule has 0 aromatic rings. The summed E-state index contributed by atoms with van der Waals surface area (Å²) in [7, 11) is 0. The van der Waals surface area contributed by atoms with Gasteiger partial charge in [0.05, 0.1) is 0 Å². The summed E-state index contributed by atoms with van der Waals surface area (Å²) in [6.45, 7) is 13.3. The number of carbonyl (C=O) groups is 1. The predicted molar refractivity (Wildman–Crippen MR) is 66.0 cm³/mol. The van der Waals surface area contributed by atoms with Crippen LogP contribution in [0.1, 0.15) is 33.6 Å². The van der Waals surface area contributed by atoms with Crippen LogP contribution in [0, 0.1) is 5.92 Å². The molecule has 2 nitrogen and oxygen atoms in total. The lowest BCUT2D eigenvalue weighted by atomic mass is 9.84. The molecule has 16 heavy (non-hydrogen) atoms. The second kappa shape index (κ2) is 5.15. The quantitative estimate of drug-likeness (QED) is 0.414. The van der Waals surface area contributed by atoms with Gasteiger partial charge < -0.3 is 4.74 Å². The summed E-state index contributed by atoms with van der Waals surface area (Å²) in [5.41, 5.74) is 2.73. The smallest absolute Gasteiger partial charge is 0.333 e. The van der Waals surface area contributed by atoms with E-state index in [9.17, 15) is 4.79 Å². The molecule has 1 aliphatic carbocycles. The molecule has 2 heteroatoms. The van der Waals surface area contributed by atoms with Gasteiger partial charge in [-0.05, 0) is 45.1 Å². The van der Waals surface area contributed by atoms with Gasteiger partial charge >= 0.3 is 5.97 Å². The van der Waals surface area contributed by atoms with Crippen molar-refractivity contribution in [3.05, 3.63) is 36.0 Å². The lowest BCUT2D eigenvalue weighted by Gasteiger charge is -2.28. The number of hydrogen-bond acceptors (Lipinski definition) is 2. The van der Waals surface area contributed by atoms with Gasteiger partial charge in [0.2, 0.25) is 0 Å². The van der Waals surface area contributed by atoms with Crippen LogP contribution < -0.4 is 0 Å². The first kappa shape index (κ1) is 12.8. The van der Waals surface area contributed by atoms with Crippen LogP contribution in [-0.4, -0.2) is 12.1 Å². The van der Waals surface area contributed by atoms with Gasteiger partial charge in [-0.15, -0.1) is 0 Å². The van der Waals surface area contributed by atoms with E-state index in [0.717, 1.165) is 24.0 Å². The molecular weight excluding hydrogens is 200 g/mol. The SMILES string of the molecule is C=C(C)C(=O)OC1CC(C(=C)C)CC=C1C. The Bertz CT molecular complexity index is 350. The number of carbonyl (C=O) groups excluding carboxylic acids is 1. The molecule has 88 valence electrons. The van der Waals surface area contributed by atoms with E-state index < -0.39 is 0 Å². The first-order valence-electron chi connectivity index (χ1n) is 5.60. The van der Waals surface area contributed by atoms with E-state index in [4.69, 9.17) is 4.74 Å². The Morgan fingerprint density at radius 3 is 2.56 bits per heavy atom. The van der Waals surface area contributed by atoms with Crippen LogP contribution in [0.3, 0.4) is 0 Å². The summed E-state index contributed by atoms with van der Waals surface area (Å²) in [5, 5.41) is 0. The Balaban J connectivity index is 2.69. The fraction of sp³-hybridized carbons (Fsp3) is 0.500. The van der Waals surface area contributed by atoms with Crippen LogP contribution in [-0.2, 0) is 9.53 Å². The topological polar surface area (TPSA) is 26.3 Å². The van der Waals surface area contributed by atoms with Crippen LogP contribution >= 0.6 is 0 Å². The first-order valence-corrected chi connectivity index (χ1v) is 5.60. The number of rotatable bonds is 3. The molecule has 2 atom stereocenters. The third-order valence-electron chi connectivity index (χ3n) is 3.03. The zero-order valence-electron chi connectivity index (χ0n) is 10.4. The second-order valence-electron chi connectivity index (χ2n) is 4.64. The molecule has 0 saturated carbocycles. The molecule has 0 bridgehead atoms. The Hall–Kier alpha value is -1.31. The molecule has 0 aromatic carbocycles. The molecular formula is C14H20O2. The maximum atomic E-state index is 11.5. The van der Waals surface area contributed by atoms with Crippen molar-refractivity contribution in [3.63, 3.8) is 0 Å². The third-order valence-corrected chi connectivity index (χ3v) is 3.03. The minimum atomic E-state index is -0.305. The van der Waals surface area contributed by atoms with Crippen molar-refractivity contribution in [2.45, 2.75) is 39.7 Å². The molecule has 0 N–H and O–H groups in total. The van der Waals surface area contributed by atoms with Gasteiger partial charge in [-0.25, -0.2) is 4.79 Å². The summed E-state index contributed by atoms with van der Waals surface area (Å²) >= 11 is 0. The fourth-order valence-corrected chi connectivity index (χ4v) is 1.77. The van der Waals surface area contributed by atoms with Crippen molar-refractivity contribution in [1.82, 2.24) is 0 Å². The average Bonchev–Trinajstić information content (AvgIpc) is 2.20. The highest BCUT2D eigenvalue weighted by atomic mass is 16.5. The van der Waals surface area contributed by atoms with E-state index in [0.29, 0.717) is 11.5 Å². The van der Waals surface area contributed by atoms with Gasteiger partial charge in [-0.3, -0.25) is 0 Å². The Morgan fingerprint density at radius 2 is 2.06 bits per heavy atom. The van der Waals surface area contributed by atoms with E-state index in [2.05, 4.69) is 19.2 Å². The molecule has 0 heterocycles. The third kappa shape index (κ3) is 3.09. The maximum absolute atomic E-state index is 11.5. The Morgan fingerprint density at radius 1 is 1.44 bits per heavy atom. The average molecular weight is 220 g/mol. The molecule has 0 radical (unpaired) electrons. The van der Waals surface area contributed by atoms with Crippen molar-refractivity contribution in [3.8, 4) is 0 Å². The summed E-state index contributed by atoms with van der Waals surface area (Å²) in [6.07, 6.45) is 3.87. The van der Waals surface area contributed by atoms with Crippen LogP contribution in [0.2, 0.25) is 0 Å². The van der Waals surface area contributed by atoms with Crippen LogP contribution in [0.25, 0.3) is 0 Å². The highest BCUT2D eigenvalue weighted by molar-refractivity contribution is 5.87. The molecule has 0 amide bonds. The van der Waals surface area contributed by atoms with Crippen molar-refractivity contribution in [2.24, 2.45) is 5.92 Å². The van der Waals surface area contributed by atoms with E-state index >= 15 is 0 Å². The number of esters is 1. The molecule has 0 spiro atoms. The lowest BCUT2D eigenvalue weighted by molar-refractivity contribution is -0.143. The van der Waals surface area contributed by atoms with Crippen LogP contribution in [0.5, 0.6) is 0 Å². The van der Waals surface area contributed by atoms with Gasteiger partial charge in [0, 0.05) is 5.57 Å². The molecule has 2 unspecified atom stereocenters. The minimum absolute atomic E-state index is 0.111. The molecule has 0 fully saturated rings. The van der Waals surface area contributed by atoms with E-state index in [1.807, 2.05) is 13.8 Å². The standard InChI is InChI=1S/C14H20O2/c1-9(2)12-7-6-11(5)13(8-12)16-14(15)10(3)4/h6,12-13H,1,3,7-8H2,2,4-5H3. The lowest BCUT2D eigenvalue weighted by Crippen LogP contribution is -2.26. The van der Waals surface area contributed by atoms with E-state index in [1.165, 1.54) is 0 Å². The zero-order chi connectivity index (χ0) is 12.3. The second-order valence-corrected chi connectivity index (χ2v) is 4.64. The van der Waals surface area contributed by atoms with Crippen LogP contribution in [0.15, 0.2) is 36.0 Å². The van der Waals surface area contributed by atoms with Crippen molar-refractivity contribution < 1.29 is 9.53 Å². The summed E-state index contributed by atoms with van der Waals surface area (Å²) < 4.78 is 5.40. The van der Waals surface area contributed by atoms with Crippen molar-refractivity contribution in [1.29, 1.82) is 0 Å². The van der Waals surface area contributed by atoms with Gasteiger partial charge in [0.1, 0.15) is 6.10 Å². The minimum Gasteiger partial charge on any atom is -0.454 e. The van der Waals surface area contributed by atoms with Crippen LogP contribution in [0.4, 0.5) is 0 Å². The normalized spacial score (nSPS) is 24.6. The van der Waals surface area contributed by atoms with Crippen molar-refractivity contribution >= 4 is 5.97 Å². The fourth-order valence-electron chi connectivity index (χ4n) is 1.77. The maximum Gasteiger partial charge on any atom is 0.333 e. The highest BCUT2D eigenvalue weighted by Crippen LogP contribution is 2.30. The first-order chi connectivity index (χ1) is 7.41. The van der Waals surface area contributed by atoms with E-state index in [-0.39, 0.29) is 12.1 Å². The zero-order valence-corrected chi connectivity index (χ0v) is 10.4. The summed E-state index contributed by atoms with van der Waals surface area (Å²) in [4.78, 5) is 11.5. The monoisotopic (exact) mass is 220 g/mol. The highest BCUT2D eigenvalue weighted by Gasteiger charge is 2.25. The number of allylic oxidation sites excluding steroid dienone is 2. The Labute approximate surface area is 97.7 Å². The number of hydrogen-bond donors (Lipinski definition) is 0. The molecule has 1 rings (SSSR count). The Kier molecular flexibility index (Phi) is 4.11. The largest absolute Gasteiger partial charge is 0.454 e. The van der Waals surface area contributed by atoms with E-state index in [1.54, 1.807) is 6.92 Å². The van der Waals surface area contributed by atoms with Gasteiger partial charge in [0.25, 0.3) is 0 Å². The molecule has 0 saturated heterocycles. The molecule has 0 aliphatic heterocycles. The van der Waals surface area contributed by atoms with Crippen molar-refractivity contribution in [2.75, 3.05) is 0 Å².